The number of aromatic nitrogens is 3. The highest BCUT2D eigenvalue weighted by Crippen LogP contribution is 2.33. The number of H-pyrrole nitrogens is 1. The highest BCUT2D eigenvalue weighted by molar-refractivity contribution is 9.10. The number of carbonyl (C=O) groups is 1. The summed E-state index contributed by atoms with van der Waals surface area (Å²) in [6.07, 6.45) is 4.46. The van der Waals surface area contributed by atoms with E-state index in [9.17, 15) is 4.79 Å². The molecule has 2 aromatic heterocycles. The number of hydrogen-bond acceptors (Lipinski definition) is 7. The zero-order valence-electron chi connectivity index (χ0n) is 23.0. The number of nitriles is 1. The summed E-state index contributed by atoms with van der Waals surface area (Å²) in [5.41, 5.74) is 4.37. The number of halogens is 1. The average molecular weight is 594 g/mol. The second kappa shape index (κ2) is 11.5. The predicted octanol–water partition coefficient (Wildman–Crippen LogP) is 4.87. The Morgan fingerprint density at radius 2 is 1.82 bits per heavy atom. The molecule has 39 heavy (non-hydrogen) atoms. The summed E-state index contributed by atoms with van der Waals surface area (Å²) in [5, 5.41) is 12.6. The lowest BCUT2D eigenvalue weighted by atomic mass is 9.94. The van der Waals surface area contributed by atoms with Gasteiger partial charge in [-0.3, -0.25) is 4.79 Å². The highest BCUT2D eigenvalue weighted by atomic mass is 79.9. The van der Waals surface area contributed by atoms with Crippen LogP contribution in [0.4, 0.5) is 11.4 Å². The minimum atomic E-state index is -0.341. The first kappa shape index (κ1) is 27.4. The zero-order valence-corrected chi connectivity index (χ0v) is 24.6. The molecule has 4 heterocycles. The number of amides is 1. The molecule has 0 saturated carbocycles. The van der Waals surface area contributed by atoms with Crippen LogP contribution in [0.3, 0.4) is 0 Å². The Hall–Kier alpha value is -3.16. The number of piperazine rings is 1. The number of aromatic amines is 1. The van der Waals surface area contributed by atoms with Crippen molar-refractivity contribution in [1.82, 2.24) is 24.8 Å². The summed E-state index contributed by atoms with van der Waals surface area (Å²) in [7, 11) is 0. The van der Waals surface area contributed by atoms with E-state index in [0.29, 0.717) is 12.5 Å². The SMILES string of the molecule is CC(C)(C)C(=O)N1CCN(c2ccc(-c3nc4c(NC5CCN(CCC#N)CC5)c(Br)cnc4[nH]3)cc2)CC1. The number of hydrogen-bond donors (Lipinski definition) is 2. The van der Waals surface area contributed by atoms with Crippen molar-refractivity contribution in [2.75, 3.05) is 56.0 Å². The lowest BCUT2D eigenvalue weighted by Crippen LogP contribution is -2.51. The molecule has 2 aliphatic rings. The molecule has 10 heteroatoms. The van der Waals surface area contributed by atoms with Crippen LogP contribution < -0.4 is 10.2 Å². The molecule has 9 nitrogen and oxygen atoms in total. The van der Waals surface area contributed by atoms with Crippen molar-refractivity contribution in [1.29, 1.82) is 5.26 Å². The van der Waals surface area contributed by atoms with Crippen molar-refractivity contribution in [2.45, 2.75) is 46.1 Å². The first-order valence-electron chi connectivity index (χ1n) is 13.8. The highest BCUT2D eigenvalue weighted by Gasteiger charge is 2.30. The van der Waals surface area contributed by atoms with Crippen LogP contribution in [-0.2, 0) is 4.79 Å². The number of piperidine rings is 1. The summed E-state index contributed by atoms with van der Waals surface area (Å²) in [6, 6.07) is 11.0. The van der Waals surface area contributed by atoms with Crippen molar-refractivity contribution in [2.24, 2.45) is 5.41 Å². The number of likely N-dealkylation sites (tertiary alicyclic amines) is 1. The number of imidazole rings is 1. The maximum absolute atomic E-state index is 12.6. The Morgan fingerprint density at radius 1 is 1.13 bits per heavy atom. The molecule has 2 aliphatic heterocycles. The summed E-state index contributed by atoms with van der Waals surface area (Å²) in [5.74, 6) is 1.01. The molecule has 0 unspecified atom stereocenters. The van der Waals surface area contributed by atoms with Gasteiger partial charge in [0.1, 0.15) is 11.3 Å². The lowest BCUT2D eigenvalue weighted by molar-refractivity contribution is -0.139. The Balaban J connectivity index is 1.26. The maximum Gasteiger partial charge on any atom is 0.228 e. The molecule has 0 atom stereocenters. The number of carbonyl (C=O) groups excluding carboxylic acids is 1. The van der Waals surface area contributed by atoms with E-state index >= 15 is 0 Å². The minimum absolute atomic E-state index is 0.220. The van der Waals surface area contributed by atoms with Crippen LogP contribution in [0.25, 0.3) is 22.6 Å². The Bertz CT molecular complexity index is 1340. The van der Waals surface area contributed by atoms with Gasteiger partial charge in [0.15, 0.2) is 5.65 Å². The fraction of sp³-hybridized carbons (Fsp3) is 0.517. The van der Waals surface area contributed by atoms with Gasteiger partial charge in [0.05, 0.1) is 16.2 Å². The summed E-state index contributed by atoms with van der Waals surface area (Å²) in [6.45, 7) is 11.9. The number of anilines is 2. The molecular weight excluding hydrogens is 556 g/mol. The number of nitrogens with one attached hydrogen (secondary N) is 2. The van der Waals surface area contributed by atoms with E-state index in [1.807, 2.05) is 31.9 Å². The van der Waals surface area contributed by atoms with Crippen molar-refractivity contribution in [3.63, 3.8) is 0 Å². The number of pyridine rings is 1. The second-order valence-corrected chi connectivity index (χ2v) is 12.4. The van der Waals surface area contributed by atoms with E-state index in [1.165, 1.54) is 0 Å². The topological polar surface area (TPSA) is 104 Å². The molecule has 0 radical (unpaired) electrons. The van der Waals surface area contributed by atoms with Crippen molar-refractivity contribution in [3.05, 3.63) is 34.9 Å². The lowest BCUT2D eigenvalue weighted by Gasteiger charge is -2.38. The molecule has 2 N–H and O–H groups in total. The third-order valence-electron chi connectivity index (χ3n) is 7.66. The van der Waals surface area contributed by atoms with E-state index in [-0.39, 0.29) is 11.3 Å². The largest absolute Gasteiger partial charge is 0.379 e. The number of fused-ring (bicyclic) bond motifs is 1. The molecule has 0 aliphatic carbocycles. The van der Waals surface area contributed by atoms with E-state index in [2.05, 4.69) is 71.3 Å². The smallest absolute Gasteiger partial charge is 0.228 e. The van der Waals surface area contributed by atoms with E-state index in [1.54, 1.807) is 0 Å². The maximum atomic E-state index is 12.6. The van der Waals surface area contributed by atoms with Gasteiger partial charge in [-0.1, -0.05) is 20.8 Å². The summed E-state index contributed by atoms with van der Waals surface area (Å²) >= 11 is 3.68. The van der Waals surface area contributed by atoms with Gasteiger partial charge in [0.2, 0.25) is 5.91 Å². The van der Waals surface area contributed by atoms with Crippen LogP contribution in [0.15, 0.2) is 34.9 Å². The normalized spacial score (nSPS) is 17.4. The number of benzene rings is 1. The van der Waals surface area contributed by atoms with Gasteiger partial charge >= 0.3 is 0 Å². The van der Waals surface area contributed by atoms with Gasteiger partial charge in [-0.05, 0) is 53.0 Å². The molecule has 206 valence electrons. The van der Waals surface area contributed by atoms with Crippen molar-refractivity contribution in [3.8, 4) is 17.5 Å². The zero-order chi connectivity index (χ0) is 27.6. The molecule has 1 aromatic carbocycles. The van der Waals surface area contributed by atoms with Gasteiger partial charge in [0, 0.05) is 81.1 Å². The Kier molecular flexibility index (Phi) is 8.10. The third kappa shape index (κ3) is 6.20. The number of nitrogens with zero attached hydrogens (tertiary/aromatic N) is 6. The van der Waals surface area contributed by atoms with Crippen LogP contribution in [0.5, 0.6) is 0 Å². The fourth-order valence-corrected chi connectivity index (χ4v) is 5.79. The van der Waals surface area contributed by atoms with Crippen LogP contribution in [0.1, 0.15) is 40.0 Å². The molecule has 2 fully saturated rings. The van der Waals surface area contributed by atoms with E-state index in [4.69, 9.17) is 10.2 Å². The minimum Gasteiger partial charge on any atom is -0.379 e. The first-order chi connectivity index (χ1) is 18.7. The summed E-state index contributed by atoms with van der Waals surface area (Å²) in [4.78, 5) is 32.2. The van der Waals surface area contributed by atoms with Gasteiger partial charge in [-0.2, -0.15) is 5.26 Å². The first-order valence-corrected chi connectivity index (χ1v) is 14.6. The van der Waals surface area contributed by atoms with Crippen LogP contribution in [0, 0.1) is 16.7 Å². The predicted molar refractivity (Wildman–Crippen MR) is 159 cm³/mol. The standard InChI is InChI=1S/C29H37BrN8O/c1-29(2,3)28(39)38-17-15-37(16-18-38)22-7-5-20(6-8-22)26-34-25-24(23(30)19-32-27(25)35-26)33-21-9-13-36(14-10-21)12-4-11-31/h5-8,19,21H,4,9-10,12-18H2,1-3H3,(H2,32,33,34,35). The second-order valence-electron chi connectivity index (χ2n) is 11.5. The van der Waals surface area contributed by atoms with Crippen molar-refractivity contribution < 1.29 is 4.79 Å². The van der Waals surface area contributed by atoms with Gasteiger partial charge in [0.25, 0.3) is 0 Å². The Labute approximate surface area is 238 Å². The molecule has 1 amide bonds. The quantitative estimate of drug-likeness (QED) is 0.420. The van der Waals surface area contributed by atoms with Gasteiger partial charge in [-0.25, -0.2) is 9.97 Å². The van der Waals surface area contributed by atoms with E-state index < -0.39 is 0 Å². The molecule has 3 aromatic rings. The molecule has 5 rings (SSSR count). The molecular formula is C29H37BrN8O. The third-order valence-corrected chi connectivity index (χ3v) is 8.26. The van der Waals surface area contributed by atoms with Crippen LogP contribution >= 0.6 is 15.9 Å². The Morgan fingerprint density at radius 3 is 2.46 bits per heavy atom. The average Bonchev–Trinajstić information content (AvgIpc) is 3.38. The number of rotatable bonds is 6. The van der Waals surface area contributed by atoms with Gasteiger partial charge < -0.3 is 25.0 Å². The monoisotopic (exact) mass is 592 g/mol. The molecule has 0 bridgehead atoms. The molecule has 0 spiro atoms. The fourth-order valence-electron chi connectivity index (χ4n) is 5.39. The van der Waals surface area contributed by atoms with E-state index in [0.717, 1.165) is 97.1 Å². The van der Waals surface area contributed by atoms with Crippen molar-refractivity contribution >= 4 is 44.4 Å². The van der Waals surface area contributed by atoms with Crippen LogP contribution in [-0.4, -0.2) is 82.5 Å². The molecule has 2 saturated heterocycles. The van der Waals surface area contributed by atoms with Gasteiger partial charge in [-0.15, -0.1) is 0 Å². The summed E-state index contributed by atoms with van der Waals surface area (Å²) < 4.78 is 0.902. The van der Waals surface area contributed by atoms with Crippen LogP contribution in [0.2, 0.25) is 0 Å².